The van der Waals surface area contributed by atoms with Gasteiger partial charge >= 0.3 is 0 Å². The van der Waals surface area contributed by atoms with Crippen molar-refractivity contribution < 1.29 is 52.5 Å². The Morgan fingerprint density at radius 3 is 1.66 bits per heavy atom. The SMILES string of the molecule is COc1cc2c(cc1OCCCOc1cc3c(cc1OC)C(=O)N1C=C(c4ccc(N5CCN(C)CC5)cc4)C[C@H]1C=N3)N=C[C@@H]1CC(c3ccc(NC(=O)[C@H](C)NC(=O)[C@H](NC(=O)CCCCCN4C(=O)CC(C5CCCCCCCCCC5)C4=O)C(C)C)cc3)=CN1C2=O. The molecule has 11 rings (SSSR count). The number of ether oxygens (including phenoxy) is 4. The summed E-state index contributed by atoms with van der Waals surface area (Å²) in [4.78, 5) is 114. The van der Waals surface area contributed by atoms with E-state index in [1.54, 1.807) is 66.4 Å². The molecule has 4 aromatic rings. The first kappa shape index (κ1) is 68.5. The molecule has 7 aliphatic rings. The first-order valence-electron chi connectivity index (χ1n) is 34.8. The number of aliphatic imine (C=N–C) groups is 2. The van der Waals surface area contributed by atoms with Crippen molar-refractivity contribution in [3.63, 3.8) is 0 Å². The van der Waals surface area contributed by atoms with Gasteiger partial charge in [0.15, 0.2) is 23.0 Å². The minimum atomic E-state index is -0.925. The first-order valence-corrected chi connectivity index (χ1v) is 34.8. The molecule has 4 aromatic carbocycles. The molecular formula is C75H94N10O11. The second-order valence-electron chi connectivity index (χ2n) is 27.0. The van der Waals surface area contributed by atoms with E-state index in [4.69, 9.17) is 28.9 Å². The lowest BCUT2D eigenvalue weighted by atomic mass is 9.83. The number of anilines is 2. The second kappa shape index (κ2) is 31.8. The van der Waals surface area contributed by atoms with Gasteiger partial charge in [-0.05, 0) is 110 Å². The number of hydrogen-bond donors (Lipinski definition) is 3. The maximum Gasteiger partial charge on any atom is 0.260 e. The van der Waals surface area contributed by atoms with Gasteiger partial charge in [-0.25, -0.2) is 0 Å². The maximum absolute atomic E-state index is 14.2. The van der Waals surface area contributed by atoms with Crippen molar-refractivity contribution in [2.24, 2.45) is 27.7 Å². The van der Waals surface area contributed by atoms with Crippen molar-refractivity contribution in [1.29, 1.82) is 0 Å². The van der Waals surface area contributed by atoms with Crippen LogP contribution in [-0.2, 0) is 24.0 Å². The number of likely N-dealkylation sites (tertiary alicyclic amines) is 1. The van der Waals surface area contributed by atoms with Crippen LogP contribution in [0.2, 0.25) is 0 Å². The Labute approximate surface area is 564 Å². The standard InChI is InChI=1S/C75H94N10O11/c1-48(2)70(80-68(86)21-16-13-17-30-83-69(87)41-59(73(83)90)52-19-14-11-9-7-8-10-12-15-20-52)72(89)78-49(3)71(88)79-55-26-22-50(23-27-55)53-37-57-44-76-62-42-66(64(93-5)39-60(62)74(91)84(57)46-53)95-35-18-36-96-67-43-63-61(40-65(67)94-6)75(92)85-47-54(38-58(85)45-77-63)51-24-28-56(29-25-51)82-33-31-81(4)32-34-82/h22-29,39-40,42-49,52,57-59,70H,7-21,30-38,41H2,1-6H3,(H,78,89)(H,79,88)(H,80,86)/t49-,57-,58-,59?,70+/m0/s1. The van der Waals surface area contributed by atoms with Crippen LogP contribution in [0.3, 0.4) is 0 Å². The molecule has 0 radical (unpaired) electrons. The van der Waals surface area contributed by atoms with Gasteiger partial charge in [0, 0.05) is 113 Å². The highest BCUT2D eigenvalue weighted by Crippen LogP contribution is 2.43. The Bertz CT molecular complexity index is 3620. The van der Waals surface area contributed by atoms with E-state index in [9.17, 15) is 33.6 Å². The van der Waals surface area contributed by atoms with Crippen molar-refractivity contribution in [1.82, 2.24) is 30.2 Å². The number of amides is 7. The number of fused-ring (bicyclic) bond motifs is 4. The number of rotatable bonds is 24. The molecule has 0 aromatic heterocycles. The van der Waals surface area contributed by atoms with E-state index in [-0.39, 0.29) is 79.0 Å². The normalized spacial score (nSPS) is 20.6. The fourth-order valence-corrected chi connectivity index (χ4v) is 14.1. The van der Waals surface area contributed by atoms with Gasteiger partial charge < -0.3 is 54.5 Å². The second-order valence-corrected chi connectivity index (χ2v) is 27.0. The maximum atomic E-state index is 14.2. The van der Waals surface area contributed by atoms with Crippen LogP contribution in [-0.4, -0.2) is 165 Å². The van der Waals surface area contributed by atoms with Crippen LogP contribution in [0.4, 0.5) is 22.7 Å². The number of imide groups is 1. The van der Waals surface area contributed by atoms with Gasteiger partial charge in [-0.3, -0.25) is 48.4 Å². The number of hydrogen-bond acceptors (Lipinski definition) is 15. The third kappa shape index (κ3) is 16.3. The molecule has 7 amide bonds. The Kier molecular flexibility index (Phi) is 22.7. The molecule has 3 fully saturated rings. The zero-order valence-corrected chi connectivity index (χ0v) is 56.6. The van der Waals surface area contributed by atoms with E-state index < -0.39 is 23.9 Å². The highest BCUT2D eigenvalue weighted by atomic mass is 16.5. The molecule has 0 spiro atoms. The number of unbranched alkanes of at least 4 members (excludes halogenated alkanes) is 2. The molecule has 21 heteroatoms. The summed E-state index contributed by atoms with van der Waals surface area (Å²) in [5, 5.41) is 8.51. The lowest BCUT2D eigenvalue weighted by Crippen LogP contribution is -2.53. The van der Waals surface area contributed by atoms with Crippen LogP contribution in [0.5, 0.6) is 23.0 Å². The fourth-order valence-electron chi connectivity index (χ4n) is 14.1. The summed E-state index contributed by atoms with van der Waals surface area (Å²) in [6.45, 7) is 10.2. The minimum absolute atomic E-state index is 0.0228. The zero-order valence-electron chi connectivity index (χ0n) is 56.6. The van der Waals surface area contributed by atoms with Crippen molar-refractivity contribution in [2.45, 2.75) is 161 Å². The summed E-state index contributed by atoms with van der Waals surface area (Å²) in [7, 11) is 5.21. The molecule has 3 N–H and O–H groups in total. The predicted molar refractivity (Wildman–Crippen MR) is 372 cm³/mol. The molecule has 1 saturated carbocycles. The molecule has 1 aliphatic carbocycles. The van der Waals surface area contributed by atoms with E-state index in [0.717, 1.165) is 74.1 Å². The summed E-state index contributed by atoms with van der Waals surface area (Å²) in [5.74, 6) is -0.250. The molecule has 21 nitrogen and oxygen atoms in total. The van der Waals surface area contributed by atoms with Crippen LogP contribution in [0.25, 0.3) is 11.1 Å². The summed E-state index contributed by atoms with van der Waals surface area (Å²) < 4.78 is 23.9. The molecule has 96 heavy (non-hydrogen) atoms. The summed E-state index contributed by atoms with van der Waals surface area (Å²) in [5.41, 5.74) is 7.37. The van der Waals surface area contributed by atoms with Gasteiger partial charge in [-0.2, -0.15) is 0 Å². The zero-order chi connectivity index (χ0) is 67.4. The van der Waals surface area contributed by atoms with E-state index in [0.29, 0.717) is 103 Å². The fraction of sp³-hybridized carbons (Fsp3) is 0.507. The van der Waals surface area contributed by atoms with Gasteiger partial charge in [0.1, 0.15) is 12.1 Å². The monoisotopic (exact) mass is 1310 g/mol. The predicted octanol–water partition coefficient (Wildman–Crippen LogP) is 11.3. The van der Waals surface area contributed by atoms with Crippen molar-refractivity contribution in [3.05, 3.63) is 107 Å². The molecule has 1 unspecified atom stereocenters. The molecule has 5 atom stereocenters. The van der Waals surface area contributed by atoms with E-state index in [1.165, 1.54) is 56.2 Å². The van der Waals surface area contributed by atoms with Gasteiger partial charge in [0.25, 0.3) is 11.8 Å². The molecule has 510 valence electrons. The van der Waals surface area contributed by atoms with Crippen LogP contribution >= 0.6 is 0 Å². The van der Waals surface area contributed by atoms with E-state index in [1.807, 2.05) is 44.6 Å². The summed E-state index contributed by atoms with van der Waals surface area (Å²) >= 11 is 0. The lowest BCUT2D eigenvalue weighted by Gasteiger charge is -2.34. The average molecular weight is 1310 g/mol. The number of nitrogens with one attached hydrogen (secondary N) is 3. The van der Waals surface area contributed by atoms with Crippen LogP contribution in [0.15, 0.2) is 95.2 Å². The van der Waals surface area contributed by atoms with Gasteiger partial charge in [0.05, 0.1) is 67.9 Å². The Morgan fingerprint density at radius 2 is 1.12 bits per heavy atom. The lowest BCUT2D eigenvalue weighted by molar-refractivity contribution is -0.140. The number of carbonyl (C=O) groups excluding carboxylic acids is 7. The highest BCUT2D eigenvalue weighted by molar-refractivity contribution is 6.07. The minimum Gasteiger partial charge on any atom is -0.493 e. The Morgan fingerprint density at radius 1 is 0.594 bits per heavy atom. The number of carbonyl (C=O) groups is 7. The molecular weight excluding hydrogens is 1220 g/mol. The quantitative estimate of drug-likeness (QED) is 0.0438. The van der Waals surface area contributed by atoms with Gasteiger partial charge in [-0.1, -0.05) is 95.9 Å². The summed E-state index contributed by atoms with van der Waals surface area (Å²) in [6.07, 6.45) is 23.0. The van der Waals surface area contributed by atoms with Crippen LogP contribution in [0, 0.1) is 17.8 Å². The van der Waals surface area contributed by atoms with Crippen LogP contribution in [0.1, 0.15) is 168 Å². The van der Waals surface area contributed by atoms with Crippen molar-refractivity contribution >= 4 is 87.7 Å². The third-order valence-corrected chi connectivity index (χ3v) is 19.9. The molecule has 2 saturated heterocycles. The van der Waals surface area contributed by atoms with Crippen molar-refractivity contribution in [3.8, 4) is 23.0 Å². The number of benzene rings is 4. The number of likely N-dealkylation sites (N-methyl/N-ethyl adjacent to an activating group) is 1. The number of methoxy groups -OCH3 is 2. The van der Waals surface area contributed by atoms with Gasteiger partial charge in [0.2, 0.25) is 29.5 Å². The highest BCUT2D eigenvalue weighted by Gasteiger charge is 2.42. The van der Waals surface area contributed by atoms with E-state index in [2.05, 4.69) is 57.1 Å². The van der Waals surface area contributed by atoms with E-state index >= 15 is 0 Å². The smallest absolute Gasteiger partial charge is 0.260 e. The summed E-state index contributed by atoms with van der Waals surface area (Å²) in [6, 6.07) is 20.3. The van der Waals surface area contributed by atoms with Crippen molar-refractivity contribution in [2.75, 3.05) is 77.4 Å². The molecule has 6 heterocycles. The number of nitrogens with zero attached hydrogens (tertiary/aromatic N) is 7. The topological polar surface area (TPSA) is 233 Å². The third-order valence-electron chi connectivity index (χ3n) is 19.9. The number of piperazine rings is 1. The van der Waals surface area contributed by atoms with Crippen LogP contribution < -0.4 is 39.8 Å². The largest absolute Gasteiger partial charge is 0.493 e. The first-order chi connectivity index (χ1) is 46.5. The molecule has 0 bridgehead atoms. The Hall–Kier alpha value is -8.85. The molecule has 6 aliphatic heterocycles. The average Bonchev–Trinajstić information content (AvgIpc) is 1.62. The van der Waals surface area contributed by atoms with Gasteiger partial charge in [-0.15, -0.1) is 0 Å². The Balaban J connectivity index is 0.610.